The lowest BCUT2D eigenvalue weighted by atomic mass is 9.97. The van der Waals surface area contributed by atoms with Crippen molar-refractivity contribution in [3.63, 3.8) is 0 Å². The zero-order chi connectivity index (χ0) is 14.4. The second-order valence-electron chi connectivity index (χ2n) is 6.03. The topological polar surface area (TPSA) is 27.6 Å². The minimum absolute atomic E-state index is 0. The van der Waals surface area contributed by atoms with Crippen molar-refractivity contribution in [3.8, 4) is 0 Å². The van der Waals surface area contributed by atoms with Crippen LogP contribution in [0.1, 0.15) is 31.6 Å². The van der Waals surface area contributed by atoms with Crippen LogP contribution in [0.3, 0.4) is 0 Å². The first-order chi connectivity index (χ1) is 9.69. The molecule has 0 radical (unpaired) electrons. The molecule has 0 aliphatic carbocycles. The molecule has 0 spiro atoms. The highest BCUT2D eigenvalue weighted by Crippen LogP contribution is 2.23. The van der Waals surface area contributed by atoms with E-state index in [1.54, 1.807) is 0 Å². The summed E-state index contributed by atoms with van der Waals surface area (Å²) in [4.78, 5) is 8.29. The second-order valence-corrected chi connectivity index (χ2v) is 7.07. The van der Waals surface area contributed by atoms with Crippen LogP contribution in [0, 0.1) is 11.8 Å². The lowest BCUT2D eigenvalue weighted by Gasteiger charge is -2.22. The molecule has 1 aliphatic heterocycles. The highest BCUT2D eigenvalue weighted by molar-refractivity contribution is 14.0. The fraction of sp³-hybridized carbons (Fsp3) is 0.688. The van der Waals surface area contributed by atoms with Gasteiger partial charge in [-0.1, -0.05) is 19.9 Å². The van der Waals surface area contributed by atoms with Gasteiger partial charge in [0, 0.05) is 31.6 Å². The van der Waals surface area contributed by atoms with Crippen molar-refractivity contribution < 1.29 is 0 Å². The molecule has 21 heavy (non-hydrogen) atoms. The van der Waals surface area contributed by atoms with Gasteiger partial charge in [0.25, 0.3) is 0 Å². The summed E-state index contributed by atoms with van der Waals surface area (Å²) in [6.45, 7) is 7.92. The summed E-state index contributed by atoms with van der Waals surface area (Å²) in [7, 11) is 1.89. The van der Waals surface area contributed by atoms with Gasteiger partial charge >= 0.3 is 0 Å². The Morgan fingerprint density at radius 2 is 2.33 bits per heavy atom. The molecule has 0 aromatic carbocycles. The zero-order valence-corrected chi connectivity index (χ0v) is 16.5. The maximum Gasteiger partial charge on any atom is 0.193 e. The summed E-state index contributed by atoms with van der Waals surface area (Å²) in [5.41, 5.74) is 0. The molecular weight excluding hydrogens is 393 g/mol. The number of aliphatic imine (C=N–C) groups is 1. The number of rotatable bonds is 5. The third-order valence-corrected chi connectivity index (χ3v) is 4.77. The Morgan fingerprint density at radius 3 is 2.95 bits per heavy atom. The van der Waals surface area contributed by atoms with Gasteiger partial charge in [-0.05, 0) is 42.5 Å². The summed E-state index contributed by atoms with van der Waals surface area (Å²) in [5, 5.41) is 5.65. The molecule has 1 aliphatic rings. The number of hydrogen-bond donors (Lipinski definition) is 1. The van der Waals surface area contributed by atoms with Gasteiger partial charge in [0.15, 0.2) is 5.96 Å². The van der Waals surface area contributed by atoms with Gasteiger partial charge in [0.05, 0.1) is 0 Å². The third-order valence-electron chi connectivity index (χ3n) is 3.84. The van der Waals surface area contributed by atoms with Crippen molar-refractivity contribution in [2.45, 2.75) is 33.1 Å². The van der Waals surface area contributed by atoms with Crippen LogP contribution < -0.4 is 5.32 Å². The molecule has 1 unspecified atom stereocenters. The highest BCUT2D eigenvalue weighted by atomic mass is 127. The van der Waals surface area contributed by atoms with E-state index in [4.69, 9.17) is 0 Å². The fourth-order valence-electron chi connectivity index (χ4n) is 2.97. The average molecular weight is 421 g/mol. The Bertz CT molecular complexity index is 417. The van der Waals surface area contributed by atoms with Gasteiger partial charge in [-0.3, -0.25) is 4.99 Å². The largest absolute Gasteiger partial charge is 0.356 e. The predicted octanol–water partition coefficient (Wildman–Crippen LogP) is 3.85. The highest BCUT2D eigenvalue weighted by Gasteiger charge is 2.25. The number of nitrogens with one attached hydrogen (secondary N) is 1. The molecule has 2 heterocycles. The lowest BCUT2D eigenvalue weighted by Crippen LogP contribution is -2.40. The molecule has 5 heteroatoms. The van der Waals surface area contributed by atoms with E-state index in [-0.39, 0.29) is 24.0 Å². The zero-order valence-electron chi connectivity index (χ0n) is 13.3. The van der Waals surface area contributed by atoms with Crippen molar-refractivity contribution in [2.75, 3.05) is 26.7 Å². The Kier molecular flexibility index (Phi) is 8.63. The van der Waals surface area contributed by atoms with E-state index in [2.05, 4.69) is 46.6 Å². The van der Waals surface area contributed by atoms with Crippen LogP contribution in [0.15, 0.2) is 22.5 Å². The van der Waals surface area contributed by atoms with Crippen molar-refractivity contribution in [1.82, 2.24) is 10.2 Å². The second kappa shape index (κ2) is 9.66. The summed E-state index contributed by atoms with van der Waals surface area (Å²) < 4.78 is 0. The van der Waals surface area contributed by atoms with Crippen LogP contribution in [-0.4, -0.2) is 37.5 Å². The molecule has 120 valence electrons. The van der Waals surface area contributed by atoms with Crippen LogP contribution in [0.25, 0.3) is 0 Å². The van der Waals surface area contributed by atoms with E-state index in [0.717, 1.165) is 43.9 Å². The SMILES string of the molecule is CN=C(NCCc1cccs1)N1CCC(CC(C)C)C1.I. The van der Waals surface area contributed by atoms with Gasteiger partial charge in [-0.2, -0.15) is 0 Å². The number of thiophene rings is 1. The van der Waals surface area contributed by atoms with Crippen molar-refractivity contribution >= 4 is 41.3 Å². The van der Waals surface area contributed by atoms with Gasteiger partial charge < -0.3 is 10.2 Å². The molecule has 0 saturated carbocycles. The summed E-state index contributed by atoms with van der Waals surface area (Å²) >= 11 is 1.83. The van der Waals surface area contributed by atoms with Gasteiger partial charge in [-0.25, -0.2) is 0 Å². The number of hydrogen-bond acceptors (Lipinski definition) is 2. The third kappa shape index (κ3) is 6.14. The standard InChI is InChI=1S/C16H27N3S.HI/c1-13(2)11-14-7-9-19(12-14)16(17-3)18-8-6-15-5-4-10-20-15;/h4-5,10,13-14H,6-9,11-12H2,1-3H3,(H,17,18);1H. The smallest absolute Gasteiger partial charge is 0.193 e. The molecule has 1 saturated heterocycles. The van der Waals surface area contributed by atoms with E-state index in [1.165, 1.54) is 17.7 Å². The number of nitrogens with zero attached hydrogens (tertiary/aromatic N) is 2. The maximum absolute atomic E-state index is 4.44. The molecular formula is C16H28IN3S. The minimum atomic E-state index is 0. The van der Waals surface area contributed by atoms with Crippen molar-refractivity contribution in [1.29, 1.82) is 0 Å². The Balaban J connectivity index is 0.00000220. The molecule has 1 aromatic rings. The lowest BCUT2D eigenvalue weighted by molar-refractivity contribution is 0.404. The van der Waals surface area contributed by atoms with Crippen molar-refractivity contribution in [2.24, 2.45) is 16.8 Å². The number of halogens is 1. The van der Waals surface area contributed by atoms with Gasteiger partial charge in [0.2, 0.25) is 0 Å². The molecule has 0 amide bonds. The number of likely N-dealkylation sites (tertiary alicyclic amines) is 1. The predicted molar refractivity (Wildman–Crippen MR) is 104 cm³/mol. The number of guanidine groups is 1. The average Bonchev–Trinajstić information content (AvgIpc) is 3.05. The summed E-state index contributed by atoms with van der Waals surface area (Å²) in [5.74, 6) is 2.72. The summed E-state index contributed by atoms with van der Waals surface area (Å²) in [6, 6.07) is 4.31. The van der Waals surface area contributed by atoms with Crippen molar-refractivity contribution in [3.05, 3.63) is 22.4 Å². The van der Waals surface area contributed by atoms with Gasteiger partial charge in [0.1, 0.15) is 0 Å². The first-order valence-electron chi connectivity index (χ1n) is 7.67. The molecule has 1 aromatic heterocycles. The van der Waals surface area contributed by atoms with Crippen LogP contribution in [0.4, 0.5) is 0 Å². The summed E-state index contributed by atoms with van der Waals surface area (Å²) in [6.07, 6.45) is 3.73. The van der Waals surface area contributed by atoms with Crippen LogP contribution in [0.5, 0.6) is 0 Å². The molecule has 1 fully saturated rings. The Labute approximate surface area is 150 Å². The van der Waals surface area contributed by atoms with Crippen LogP contribution in [-0.2, 0) is 6.42 Å². The van der Waals surface area contributed by atoms with Gasteiger partial charge in [-0.15, -0.1) is 35.3 Å². The quantitative estimate of drug-likeness (QED) is 0.444. The van der Waals surface area contributed by atoms with E-state index in [1.807, 2.05) is 18.4 Å². The van der Waals surface area contributed by atoms with E-state index >= 15 is 0 Å². The fourth-order valence-corrected chi connectivity index (χ4v) is 3.68. The maximum atomic E-state index is 4.44. The Hall–Kier alpha value is -0.300. The molecule has 0 bridgehead atoms. The first-order valence-corrected chi connectivity index (χ1v) is 8.55. The first kappa shape index (κ1) is 18.7. The van der Waals surface area contributed by atoms with Crippen LogP contribution in [0.2, 0.25) is 0 Å². The van der Waals surface area contributed by atoms with E-state index in [0.29, 0.717) is 0 Å². The molecule has 3 nitrogen and oxygen atoms in total. The van der Waals surface area contributed by atoms with Crippen LogP contribution >= 0.6 is 35.3 Å². The van der Waals surface area contributed by atoms with E-state index in [9.17, 15) is 0 Å². The molecule has 1 N–H and O–H groups in total. The minimum Gasteiger partial charge on any atom is -0.356 e. The van der Waals surface area contributed by atoms with E-state index < -0.39 is 0 Å². The monoisotopic (exact) mass is 421 g/mol. The normalized spacial score (nSPS) is 19.0. The molecule has 2 rings (SSSR count). The Morgan fingerprint density at radius 1 is 1.52 bits per heavy atom. The molecule has 1 atom stereocenters.